The van der Waals surface area contributed by atoms with Gasteiger partial charge in [-0.05, 0) is 39.7 Å². The van der Waals surface area contributed by atoms with E-state index < -0.39 is 9.84 Å². The van der Waals surface area contributed by atoms with Gasteiger partial charge in [-0.25, -0.2) is 8.42 Å². The Balaban J connectivity index is 1.85. The molecule has 1 atom stereocenters. The maximum atomic E-state index is 11.4. The van der Waals surface area contributed by atoms with Gasteiger partial charge in [-0.3, -0.25) is 4.68 Å². The van der Waals surface area contributed by atoms with Gasteiger partial charge in [0, 0.05) is 17.8 Å². The molecule has 1 aromatic heterocycles. The molecule has 1 aromatic rings. The topological polar surface area (TPSA) is 64.0 Å². The van der Waals surface area contributed by atoms with Crippen LogP contribution in [0.1, 0.15) is 31.2 Å². The second kappa shape index (κ2) is 5.63. The number of hydrogen-bond donors (Lipinski definition) is 1. The van der Waals surface area contributed by atoms with E-state index in [-0.39, 0.29) is 0 Å². The Kier molecular flexibility index (Phi) is 4.30. The van der Waals surface area contributed by atoms with Crippen molar-refractivity contribution in [2.45, 2.75) is 52.2 Å². The lowest BCUT2D eigenvalue weighted by molar-refractivity contribution is 0.371. The van der Waals surface area contributed by atoms with Crippen LogP contribution in [0, 0.1) is 13.8 Å². The lowest BCUT2D eigenvalue weighted by Gasteiger charge is -2.26. The maximum Gasteiger partial charge on any atom is 0.150 e. The van der Waals surface area contributed by atoms with Crippen LogP contribution in [0.3, 0.4) is 0 Å². The van der Waals surface area contributed by atoms with Crippen LogP contribution < -0.4 is 5.32 Å². The fourth-order valence-electron chi connectivity index (χ4n) is 2.63. The molecule has 1 aliphatic heterocycles. The monoisotopic (exact) mass is 285 g/mol. The second-order valence-electron chi connectivity index (χ2n) is 5.60. The van der Waals surface area contributed by atoms with Crippen molar-refractivity contribution in [3.05, 3.63) is 17.5 Å². The minimum absolute atomic E-state index is 0.295. The van der Waals surface area contributed by atoms with Gasteiger partial charge < -0.3 is 5.32 Å². The zero-order valence-electron chi connectivity index (χ0n) is 11.9. The molecule has 2 rings (SSSR count). The molecule has 5 nitrogen and oxygen atoms in total. The zero-order valence-corrected chi connectivity index (χ0v) is 12.7. The van der Waals surface area contributed by atoms with Gasteiger partial charge in [0.05, 0.1) is 23.7 Å². The van der Waals surface area contributed by atoms with Crippen LogP contribution in [0.2, 0.25) is 0 Å². The van der Waals surface area contributed by atoms with Crippen molar-refractivity contribution < 1.29 is 8.42 Å². The predicted molar refractivity (Wildman–Crippen MR) is 76.0 cm³/mol. The summed E-state index contributed by atoms with van der Waals surface area (Å²) in [5.74, 6) is 0.634. The van der Waals surface area contributed by atoms with E-state index in [9.17, 15) is 8.42 Å². The van der Waals surface area contributed by atoms with Gasteiger partial charge >= 0.3 is 0 Å². The molecular formula is C13H23N3O2S. The summed E-state index contributed by atoms with van der Waals surface area (Å²) < 4.78 is 24.8. The number of rotatable bonds is 4. The largest absolute Gasteiger partial charge is 0.310 e. The molecule has 0 spiro atoms. The average Bonchev–Trinajstić information content (AvgIpc) is 2.60. The summed E-state index contributed by atoms with van der Waals surface area (Å²) in [5, 5.41) is 7.96. The van der Waals surface area contributed by atoms with E-state index in [1.165, 1.54) is 0 Å². The highest BCUT2D eigenvalue weighted by Gasteiger charge is 2.24. The Morgan fingerprint density at radius 3 is 2.58 bits per heavy atom. The first-order chi connectivity index (χ1) is 8.85. The van der Waals surface area contributed by atoms with E-state index in [0.29, 0.717) is 23.6 Å². The van der Waals surface area contributed by atoms with Crippen molar-refractivity contribution >= 4 is 9.84 Å². The smallest absolute Gasteiger partial charge is 0.150 e. The number of aromatic nitrogens is 2. The maximum absolute atomic E-state index is 11.4. The molecule has 1 saturated heterocycles. The second-order valence-corrected chi connectivity index (χ2v) is 7.91. The molecule has 1 N–H and O–H groups in total. The van der Waals surface area contributed by atoms with Crippen LogP contribution in [-0.4, -0.2) is 41.8 Å². The van der Waals surface area contributed by atoms with Crippen LogP contribution in [0.4, 0.5) is 0 Å². The number of sulfone groups is 1. The lowest BCUT2D eigenvalue weighted by Crippen LogP contribution is -2.43. The Bertz CT molecular complexity index is 522. The first-order valence-electron chi connectivity index (χ1n) is 6.83. The fourth-order valence-corrected chi connectivity index (χ4v) is 4.12. The molecule has 0 bridgehead atoms. The van der Waals surface area contributed by atoms with Crippen LogP contribution in [-0.2, 0) is 16.4 Å². The van der Waals surface area contributed by atoms with Crippen molar-refractivity contribution in [1.29, 1.82) is 0 Å². The summed E-state index contributed by atoms with van der Waals surface area (Å²) >= 11 is 0. The van der Waals surface area contributed by atoms with Crippen LogP contribution >= 0.6 is 0 Å². The van der Waals surface area contributed by atoms with Gasteiger partial charge in [0.25, 0.3) is 0 Å². The number of nitrogens with zero attached hydrogens (tertiary/aromatic N) is 2. The Hall–Kier alpha value is -0.880. The average molecular weight is 285 g/mol. The summed E-state index contributed by atoms with van der Waals surface area (Å²) in [6, 6.07) is 2.68. The van der Waals surface area contributed by atoms with Gasteiger partial charge in [-0.2, -0.15) is 5.10 Å². The van der Waals surface area contributed by atoms with E-state index in [1.54, 1.807) is 0 Å². The lowest BCUT2D eigenvalue weighted by atomic mass is 10.1. The predicted octanol–water partition coefficient (Wildman–Crippen LogP) is 1.06. The minimum atomic E-state index is -2.77. The van der Waals surface area contributed by atoms with Gasteiger partial charge in [0.2, 0.25) is 0 Å². The molecule has 0 radical (unpaired) electrons. The molecule has 108 valence electrons. The molecule has 0 aromatic carbocycles. The van der Waals surface area contributed by atoms with Gasteiger partial charge in [0.1, 0.15) is 9.84 Å². The first kappa shape index (κ1) is 14.5. The Morgan fingerprint density at radius 2 is 2.05 bits per heavy atom. The van der Waals surface area contributed by atoms with Gasteiger partial charge in [-0.1, -0.05) is 0 Å². The molecule has 0 unspecified atom stereocenters. The van der Waals surface area contributed by atoms with E-state index in [4.69, 9.17) is 0 Å². The standard InChI is InChI=1S/C13H23N3O2S/c1-10-8-12(3)16(15-10)9-11(2)14-13-4-6-19(17,18)7-5-13/h8,11,13-14H,4-7,9H2,1-3H3/t11-/m0/s1. The summed E-state index contributed by atoms with van der Waals surface area (Å²) in [4.78, 5) is 0. The van der Waals surface area contributed by atoms with Crippen molar-refractivity contribution in [3.63, 3.8) is 0 Å². The van der Waals surface area contributed by atoms with Crippen LogP contribution in [0.5, 0.6) is 0 Å². The molecule has 0 aliphatic carbocycles. The number of nitrogens with one attached hydrogen (secondary N) is 1. The van der Waals surface area contributed by atoms with E-state index >= 15 is 0 Å². The van der Waals surface area contributed by atoms with Gasteiger partial charge in [0.15, 0.2) is 0 Å². The van der Waals surface area contributed by atoms with Crippen molar-refractivity contribution in [2.75, 3.05) is 11.5 Å². The van der Waals surface area contributed by atoms with Gasteiger partial charge in [-0.15, -0.1) is 0 Å². The van der Waals surface area contributed by atoms with E-state index in [0.717, 1.165) is 30.8 Å². The molecule has 2 heterocycles. The number of aryl methyl sites for hydroxylation is 2. The molecular weight excluding hydrogens is 262 g/mol. The normalized spacial score (nSPS) is 21.4. The third-order valence-electron chi connectivity index (χ3n) is 3.63. The van der Waals surface area contributed by atoms with Crippen molar-refractivity contribution in [1.82, 2.24) is 15.1 Å². The molecule has 6 heteroatoms. The molecule has 0 saturated carbocycles. The van der Waals surface area contributed by atoms with Crippen LogP contribution in [0.15, 0.2) is 6.07 Å². The highest BCUT2D eigenvalue weighted by atomic mass is 32.2. The minimum Gasteiger partial charge on any atom is -0.310 e. The Morgan fingerprint density at radius 1 is 1.42 bits per heavy atom. The third kappa shape index (κ3) is 4.04. The quantitative estimate of drug-likeness (QED) is 0.898. The fraction of sp³-hybridized carbons (Fsp3) is 0.769. The summed E-state index contributed by atoms with van der Waals surface area (Å²) in [5.41, 5.74) is 2.20. The SMILES string of the molecule is Cc1cc(C)n(C[C@H](C)NC2CCS(=O)(=O)CC2)n1. The summed E-state index contributed by atoms with van der Waals surface area (Å²) in [6.07, 6.45) is 1.45. The van der Waals surface area contributed by atoms with Crippen molar-refractivity contribution in [3.8, 4) is 0 Å². The van der Waals surface area contributed by atoms with Crippen molar-refractivity contribution in [2.24, 2.45) is 0 Å². The summed E-state index contributed by atoms with van der Waals surface area (Å²) in [6.45, 7) is 7.00. The molecule has 0 amide bonds. The van der Waals surface area contributed by atoms with E-state index in [1.807, 2.05) is 11.6 Å². The number of hydrogen-bond acceptors (Lipinski definition) is 4. The molecule has 19 heavy (non-hydrogen) atoms. The highest BCUT2D eigenvalue weighted by Crippen LogP contribution is 2.13. The third-order valence-corrected chi connectivity index (χ3v) is 5.34. The zero-order chi connectivity index (χ0) is 14.0. The highest BCUT2D eigenvalue weighted by molar-refractivity contribution is 7.91. The Labute approximate surface area is 115 Å². The van der Waals surface area contributed by atoms with E-state index in [2.05, 4.69) is 30.3 Å². The van der Waals surface area contributed by atoms with Crippen LogP contribution in [0.25, 0.3) is 0 Å². The molecule has 1 fully saturated rings. The summed E-state index contributed by atoms with van der Waals surface area (Å²) in [7, 11) is -2.77. The first-order valence-corrected chi connectivity index (χ1v) is 8.65. The molecule has 1 aliphatic rings.